The van der Waals surface area contributed by atoms with E-state index in [1.54, 1.807) is 13.8 Å². The normalized spacial score (nSPS) is 23.8. The Morgan fingerprint density at radius 3 is 2.00 bits per heavy atom. The maximum absolute atomic E-state index is 11.5. The highest BCUT2D eigenvalue weighted by molar-refractivity contribution is 6.07. The second kappa shape index (κ2) is 4.53. The summed E-state index contributed by atoms with van der Waals surface area (Å²) in [6.07, 6.45) is 1.09. The molecular weight excluding hydrogens is 232 g/mol. The van der Waals surface area contributed by atoms with E-state index in [-0.39, 0.29) is 11.8 Å². The lowest BCUT2D eigenvalue weighted by Crippen LogP contribution is -2.43. The minimum absolute atomic E-state index is 0.155. The lowest BCUT2D eigenvalue weighted by molar-refractivity contribution is -0.135. The van der Waals surface area contributed by atoms with Crippen LogP contribution < -0.4 is 11.5 Å². The highest BCUT2D eigenvalue weighted by atomic mass is 16.3. The molecule has 2 atom stereocenters. The van der Waals surface area contributed by atoms with Crippen LogP contribution in [0.3, 0.4) is 0 Å². The molecule has 0 saturated heterocycles. The third kappa shape index (κ3) is 2.51. The lowest BCUT2D eigenvalue weighted by atomic mass is 9.77. The zero-order chi connectivity index (χ0) is 14.3. The Kier molecular flexibility index (Phi) is 3.77. The van der Waals surface area contributed by atoms with Crippen LogP contribution in [0.1, 0.15) is 40.5 Å². The summed E-state index contributed by atoms with van der Waals surface area (Å²) in [7, 11) is 0. The summed E-state index contributed by atoms with van der Waals surface area (Å²) < 4.78 is 0. The van der Waals surface area contributed by atoms with Crippen molar-refractivity contribution in [2.75, 3.05) is 0 Å². The molecular formula is C13H24N2O3. The second-order valence-corrected chi connectivity index (χ2v) is 6.40. The Balaban J connectivity index is 2.98. The van der Waals surface area contributed by atoms with Crippen molar-refractivity contribution in [3.63, 3.8) is 0 Å². The van der Waals surface area contributed by atoms with E-state index in [1.807, 2.05) is 13.8 Å². The van der Waals surface area contributed by atoms with E-state index < -0.39 is 22.8 Å². The molecule has 0 aromatic carbocycles. The van der Waals surface area contributed by atoms with Gasteiger partial charge in [-0.05, 0) is 44.4 Å². The zero-order valence-corrected chi connectivity index (χ0v) is 11.6. The molecule has 0 bridgehead atoms. The molecule has 5 N–H and O–H groups in total. The van der Waals surface area contributed by atoms with Crippen molar-refractivity contribution in [3.05, 3.63) is 0 Å². The van der Waals surface area contributed by atoms with Gasteiger partial charge < -0.3 is 16.6 Å². The van der Waals surface area contributed by atoms with Gasteiger partial charge in [0, 0.05) is 0 Å². The van der Waals surface area contributed by atoms with E-state index in [9.17, 15) is 14.7 Å². The Labute approximate surface area is 108 Å². The van der Waals surface area contributed by atoms with E-state index in [0.717, 1.165) is 6.42 Å². The number of amides is 2. The monoisotopic (exact) mass is 256 g/mol. The zero-order valence-electron chi connectivity index (χ0n) is 11.6. The van der Waals surface area contributed by atoms with E-state index in [1.165, 1.54) is 0 Å². The van der Waals surface area contributed by atoms with Crippen LogP contribution in [-0.4, -0.2) is 22.5 Å². The van der Waals surface area contributed by atoms with Crippen LogP contribution in [0.25, 0.3) is 0 Å². The van der Waals surface area contributed by atoms with E-state index in [2.05, 4.69) is 0 Å². The number of rotatable bonds is 6. The second-order valence-electron chi connectivity index (χ2n) is 6.40. The summed E-state index contributed by atoms with van der Waals surface area (Å²) in [6.45, 7) is 7.48. The van der Waals surface area contributed by atoms with Crippen LogP contribution >= 0.6 is 0 Å². The molecule has 1 rings (SSSR count). The lowest BCUT2D eigenvalue weighted by Gasteiger charge is -2.32. The predicted molar refractivity (Wildman–Crippen MR) is 68.2 cm³/mol. The van der Waals surface area contributed by atoms with Gasteiger partial charge in [-0.2, -0.15) is 0 Å². The molecule has 1 aliphatic rings. The fraction of sp³-hybridized carbons (Fsp3) is 0.846. The molecule has 0 spiro atoms. The minimum atomic E-state index is -1.25. The van der Waals surface area contributed by atoms with Crippen LogP contribution in [-0.2, 0) is 9.59 Å². The largest absolute Gasteiger partial charge is 0.390 e. The van der Waals surface area contributed by atoms with Crippen molar-refractivity contribution >= 4 is 11.8 Å². The standard InChI is InChI=1S/C13H24N2O3/c1-7(2)5-8(12(3,4)18)9-6-13(9,10(14)16)11(15)17/h7-9,18H,5-6H2,1-4H3,(H2,14,16)(H2,15,17)/t8-,9?/m1/s1. The first-order valence-electron chi connectivity index (χ1n) is 6.35. The molecule has 5 heteroatoms. The van der Waals surface area contributed by atoms with Gasteiger partial charge in [0.15, 0.2) is 0 Å². The molecule has 0 aromatic heterocycles. The highest BCUT2D eigenvalue weighted by Gasteiger charge is 2.67. The van der Waals surface area contributed by atoms with Crippen molar-refractivity contribution in [2.24, 2.45) is 34.6 Å². The Morgan fingerprint density at radius 1 is 1.33 bits per heavy atom. The molecule has 104 valence electrons. The van der Waals surface area contributed by atoms with Crippen molar-refractivity contribution < 1.29 is 14.7 Å². The fourth-order valence-electron chi connectivity index (χ4n) is 2.91. The average molecular weight is 256 g/mol. The summed E-state index contributed by atoms with van der Waals surface area (Å²) in [5.74, 6) is -1.37. The van der Waals surface area contributed by atoms with Gasteiger partial charge in [-0.1, -0.05) is 13.8 Å². The number of hydrogen-bond donors (Lipinski definition) is 3. The predicted octanol–water partition coefficient (Wildman–Crippen LogP) is 0.397. The molecule has 5 nitrogen and oxygen atoms in total. The first-order chi connectivity index (χ1) is 8.03. The fourth-order valence-corrected chi connectivity index (χ4v) is 2.91. The van der Waals surface area contributed by atoms with Crippen molar-refractivity contribution in [2.45, 2.75) is 46.1 Å². The number of nitrogens with two attached hydrogens (primary N) is 2. The molecule has 0 aliphatic heterocycles. The van der Waals surface area contributed by atoms with Crippen LogP contribution in [0.2, 0.25) is 0 Å². The number of carbonyl (C=O) groups excluding carboxylic acids is 2. The van der Waals surface area contributed by atoms with Crippen molar-refractivity contribution in [1.29, 1.82) is 0 Å². The number of primary amides is 2. The van der Waals surface area contributed by atoms with Crippen LogP contribution in [0.15, 0.2) is 0 Å². The van der Waals surface area contributed by atoms with Crippen molar-refractivity contribution in [1.82, 2.24) is 0 Å². The third-order valence-electron chi connectivity index (χ3n) is 4.01. The third-order valence-corrected chi connectivity index (χ3v) is 4.01. The van der Waals surface area contributed by atoms with E-state index in [0.29, 0.717) is 12.3 Å². The van der Waals surface area contributed by atoms with E-state index in [4.69, 9.17) is 11.5 Å². The number of aliphatic hydroxyl groups is 1. The van der Waals surface area contributed by atoms with Crippen LogP contribution in [0.4, 0.5) is 0 Å². The maximum Gasteiger partial charge on any atom is 0.233 e. The Morgan fingerprint density at radius 2 is 1.78 bits per heavy atom. The van der Waals surface area contributed by atoms with E-state index >= 15 is 0 Å². The van der Waals surface area contributed by atoms with Gasteiger partial charge in [-0.15, -0.1) is 0 Å². The average Bonchev–Trinajstić information content (AvgIpc) is 2.87. The summed E-state index contributed by atoms with van der Waals surface area (Å²) in [4.78, 5) is 23.0. The first-order valence-corrected chi connectivity index (χ1v) is 6.35. The molecule has 18 heavy (non-hydrogen) atoms. The van der Waals surface area contributed by atoms with Gasteiger partial charge in [0.1, 0.15) is 5.41 Å². The Bertz CT molecular complexity index is 344. The molecule has 0 radical (unpaired) electrons. The molecule has 0 aromatic rings. The topological polar surface area (TPSA) is 106 Å². The van der Waals surface area contributed by atoms with Gasteiger partial charge in [-0.3, -0.25) is 9.59 Å². The van der Waals surface area contributed by atoms with Gasteiger partial charge in [0.2, 0.25) is 11.8 Å². The Hall–Kier alpha value is -1.10. The van der Waals surface area contributed by atoms with Gasteiger partial charge in [0.05, 0.1) is 5.60 Å². The highest BCUT2D eigenvalue weighted by Crippen LogP contribution is 2.59. The summed E-state index contributed by atoms with van der Waals surface area (Å²) >= 11 is 0. The van der Waals surface area contributed by atoms with Crippen LogP contribution in [0.5, 0.6) is 0 Å². The van der Waals surface area contributed by atoms with Crippen molar-refractivity contribution in [3.8, 4) is 0 Å². The van der Waals surface area contributed by atoms with Gasteiger partial charge >= 0.3 is 0 Å². The molecule has 1 unspecified atom stereocenters. The summed E-state index contributed by atoms with van der Waals surface area (Å²) in [5, 5.41) is 10.2. The first kappa shape index (κ1) is 15.0. The summed E-state index contributed by atoms with van der Waals surface area (Å²) in [5.41, 5.74) is 8.42. The number of carbonyl (C=O) groups is 2. The van der Waals surface area contributed by atoms with Gasteiger partial charge in [0.25, 0.3) is 0 Å². The molecule has 1 saturated carbocycles. The quantitative estimate of drug-likeness (QED) is 0.599. The number of hydrogen-bond acceptors (Lipinski definition) is 3. The minimum Gasteiger partial charge on any atom is -0.390 e. The molecule has 1 fully saturated rings. The SMILES string of the molecule is CC(C)C[C@H](C1CC1(C(N)=O)C(N)=O)C(C)(C)O. The molecule has 1 aliphatic carbocycles. The van der Waals surface area contributed by atoms with Gasteiger partial charge in [-0.25, -0.2) is 0 Å². The smallest absolute Gasteiger partial charge is 0.233 e. The summed E-state index contributed by atoms with van der Waals surface area (Å²) in [6, 6.07) is 0. The maximum atomic E-state index is 11.5. The van der Waals surface area contributed by atoms with Crippen LogP contribution in [0, 0.1) is 23.2 Å². The molecule has 2 amide bonds. The molecule has 0 heterocycles.